The Morgan fingerprint density at radius 2 is 1.43 bits per heavy atom. The summed E-state index contributed by atoms with van der Waals surface area (Å²) < 4.78 is 1.42. The first-order valence-electron chi connectivity index (χ1n) is 10.1. The average molecular weight is 514 g/mol. The minimum absolute atomic E-state index is 0. The van der Waals surface area contributed by atoms with Crippen molar-refractivity contribution < 1.29 is 49.0 Å². The normalized spacial score (nSPS) is 14.1. The molecule has 0 spiro atoms. The number of hydrogen-bond donors (Lipinski definition) is 0. The molecule has 0 N–H and O–H groups in total. The SMILES string of the molecule is CCC1=[C-]CC(C2=CC=CC2)=C1CC.[Cl-].[Cl-].[Zr+2]=[C](c1ccccc1)c1ccccc1. The van der Waals surface area contributed by atoms with Gasteiger partial charge in [-0.1, -0.05) is 50.5 Å². The van der Waals surface area contributed by atoms with E-state index in [-0.39, 0.29) is 24.8 Å². The molecular weight excluding hydrogens is 486 g/mol. The third kappa shape index (κ3) is 6.88. The van der Waals surface area contributed by atoms with Crippen molar-refractivity contribution in [3.05, 3.63) is 118 Å². The van der Waals surface area contributed by atoms with Crippen molar-refractivity contribution in [2.45, 2.75) is 39.5 Å². The first-order valence-corrected chi connectivity index (χ1v) is 11.3. The van der Waals surface area contributed by atoms with Gasteiger partial charge in [0.2, 0.25) is 0 Å². The summed E-state index contributed by atoms with van der Waals surface area (Å²) in [5, 5.41) is 0. The van der Waals surface area contributed by atoms with Crippen LogP contribution in [0.2, 0.25) is 0 Å². The van der Waals surface area contributed by atoms with Gasteiger partial charge in [0.1, 0.15) is 0 Å². The van der Waals surface area contributed by atoms with Crippen molar-refractivity contribution in [1.29, 1.82) is 0 Å². The maximum absolute atomic E-state index is 3.51. The molecule has 154 valence electrons. The monoisotopic (exact) mass is 511 g/mol. The van der Waals surface area contributed by atoms with E-state index < -0.39 is 0 Å². The fraction of sp³-hybridized carbons (Fsp3) is 0.222. The van der Waals surface area contributed by atoms with Crippen LogP contribution in [0.25, 0.3) is 0 Å². The molecule has 3 heteroatoms. The Morgan fingerprint density at radius 1 is 0.867 bits per heavy atom. The van der Waals surface area contributed by atoms with Gasteiger partial charge >= 0.3 is 99.2 Å². The Kier molecular flexibility index (Phi) is 12.4. The van der Waals surface area contributed by atoms with Crippen molar-refractivity contribution in [2.75, 3.05) is 0 Å². The van der Waals surface area contributed by atoms with Crippen LogP contribution in [0.3, 0.4) is 0 Å². The van der Waals surface area contributed by atoms with E-state index in [9.17, 15) is 0 Å². The molecule has 2 aromatic rings. The van der Waals surface area contributed by atoms with Gasteiger partial charge < -0.3 is 24.8 Å². The molecule has 0 amide bonds. The molecule has 2 aromatic carbocycles. The van der Waals surface area contributed by atoms with Crippen LogP contribution in [0.1, 0.15) is 50.7 Å². The van der Waals surface area contributed by atoms with Gasteiger partial charge in [-0.25, -0.2) is 5.57 Å². The van der Waals surface area contributed by atoms with Gasteiger partial charge in [-0.2, -0.15) is 5.57 Å². The topological polar surface area (TPSA) is 0 Å². The number of hydrogen-bond acceptors (Lipinski definition) is 0. The Hall–Kier alpha value is -1.27. The van der Waals surface area contributed by atoms with Crippen molar-refractivity contribution in [3.8, 4) is 0 Å². The van der Waals surface area contributed by atoms with Crippen LogP contribution < -0.4 is 24.8 Å². The molecule has 0 aliphatic heterocycles. The van der Waals surface area contributed by atoms with E-state index in [2.05, 4.69) is 98.8 Å². The molecule has 0 heterocycles. The zero-order chi connectivity index (χ0) is 19.8. The molecule has 0 aromatic heterocycles. The minimum atomic E-state index is 0. The average Bonchev–Trinajstić information content (AvgIpc) is 3.44. The zero-order valence-corrected chi connectivity index (χ0v) is 21.6. The summed E-state index contributed by atoms with van der Waals surface area (Å²) in [6.45, 7) is 4.48. The molecule has 0 radical (unpaired) electrons. The summed E-state index contributed by atoms with van der Waals surface area (Å²) in [5.41, 5.74) is 8.73. The Labute approximate surface area is 209 Å². The second-order valence-electron chi connectivity index (χ2n) is 6.93. The number of allylic oxidation sites excluding steroid dienone is 8. The molecule has 0 unspecified atom stereocenters. The number of rotatable bonds is 5. The van der Waals surface area contributed by atoms with E-state index in [0.717, 1.165) is 25.7 Å². The molecule has 0 fully saturated rings. The molecule has 2 aliphatic carbocycles. The summed E-state index contributed by atoms with van der Waals surface area (Å²) in [7, 11) is 0. The van der Waals surface area contributed by atoms with Gasteiger partial charge in [-0.05, 0) is 6.42 Å². The van der Waals surface area contributed by atoms with E-state index in [4.69, 9.17) is 0 Å². The van der Waals surface area contributed by atoms with Gasteiger partial charge in [-0.15, -0.1) is 12.0 Å². The molecule has 4 rings (SSSR count). The molecule has 2 aliphatic rings. The first-order chi connectivity index (χ1) is 13.7. The molecule has 0 bridgehead atoms. The van der Waals surface area contributed by atoms with Crippen LogP contribution in [0.4, 0.5) is 0 Å². The summed E-state index contributed by atoms with van der Waals surface area (Å²) in [4.78, 5) is 0. The molecule has 0 atom stereocenters. The quantitative estimate of drug-likeness (QED) is 0.522. The second kappa shape index (κ2) is 13.9. The maximum atomic E-state index is 3.51. The van der Waals surface area contributed by atoms with Crippen LogP contribution in [0.15, 0.2) is 101 Å². The van der Waals surface area contributed by atoms with Crippen LogP contribution in [0, 0.1) is 6.08 Å². The van der Waals surface area contributed by atoms with E-state index in [1.54, 1.807) is 11.1 Å². The van der Waals surface area contributed by atoms with Crippen LogP contribution in [-0.4, -0.2) is 3.21 Å². The fourth-order valence-corrected chi connectivity index (χ4v) is 4.53. The summed E-state index contributed by atoms with van der Waals surface area (Å²) in [5.74, 6) is 0. The van der Waals surface area contributed by atoms with Crippen LogP contribution in [0.5, 0.6) is 0 Å². The van der Waals surface area contributed by atoms with Gasteiger partial charge in [-0.3, -0.25) is 6.08 Å². The third-order valence-electron chi connectivity index (χ3n) is 5.20. The Morgan fingerprint density at radius 3 is 1.87 bits per heavy atom. The van der Waals surface area contributed by atoms with Gasteiger partial charge in [0.05, 0.1) is 0 Å². The van der Waals surface area contributed by atoms with E-state index in [0.29, 0.717) is 0 Å². The van der Waals surface area contributed by atoms with Gasteiger partial charge in [0.15, 0.2) is 0 Å². The van der Waals surface area contributed by atoms with Crippen molar-refractivity contribution in [2.24, 2.45) is 0 Å². The molecule has 0 saturated carbocycles. The molecule has 0 saturated heterocycles. The third-order valence-corrected chi connectivity index (χ3v) is 6.62. The predicted molar refractivity (Wildman–Crippen MR) is 117 cm³/mol. The van der Waals surface area contributed by atoms with Crippen molar-refractivity contribution in [1.82, 2.24) is 0 Å². The predicted octanol–water partition coefficient (Wildman–Crippen LogP) is 0.933. The first kappa shape index (κ1) is 26.8. The van der Waals surface area contributed by atoms with Gasteiger partial charge in [0.25, 0.3) is 0 Å². The van der Waals surface area contributed by atoms with Crippen LogP contribution in [-0.2, 0) is 24.2 Å². The number of benzene rings is 2. The fourth-order valence-electron chi connectivity index (χ4n) is 3.71. The van der Waals surface area contributed by atoms with E-state index >= 15 is 0 Å². The van der Waals surface area contributed by atoms with E-state index in [1.165, 1.54) is 49.7 Å². The standard InChI is InChI=1S/C14H17.C13H10.2ClH.Zr/c1-3-11-9-10-14(13(11)4-2)12-7-5-6-8-12;1-3-7-12(8-4-1)11-13-9-5-2-6-10-13;;;/h5-7H,3-4,8,10H2,1-2H3;1-10H;2*1H;/q-1;;;;+2/p-2. The van der Waals surface area contributed by atoms with Gasteiger partial charge in [0, 0.05) is 0 Å². The summed E-state index contributed by atoms with van der Waals surface area (Å²) in [6.07, 6.45) is 14.6. The van der Waals surface area contributed by atoms with E-state index in [1.807, 2.05) is 0 Å². The summed E-state index contributed by atoms with van der Waals surface area (Å²) in [6, 6.07) is 21.1. The summed E-state index contributed by atoms with van der Waals surface area (Å²) >= 11 is 1.46. The van der Waals surface area contributed by atoms with Crippen molar-refractivity contribution >= 4 is 3.21 Å². The molecular formula is C27H27Cl2Zr-. The molecule has 0 nitrogen and oxygen atoms in total. The zero-order valence-electron chi connectivity index (χ0n) is 17.6. The Bertz CT molecular complexity index is 894. The van der Waals surface area contributed by atoms with Crippen LogP contribution >= 0.6 is 0 Å². The number of halogens is 2. The Balaban J connectivity index is 0.000000281. The van der Waals surface area contributed by atoms with Crippen molar-refractivity contribution in [3.63, 3.8) is 0 Å². The second-order valence-corrected chi connectivity index (χ2v) is 8.16. The molecule has 30 heavy (non-hydrogen) atoms.